The second-order valence-electron chi connectivity index (χ2n) is 3.20. The summed E-state index contributed by atoms with van der Waals surface area (Å²) in [6.07, 6.45) is 1.38. The number of hydrogen-bond acceptors (Lipinski definition) is 5. The SMILES string of the molecule is COc1cc2ncnc(Cl)c2c(OC)c1OC. The van der Waals surface area contributed by atoms with Gasteiger partial charge in [0, 0.05) is 6.07 Å². The maximum absolute atomic E-state index is 6.04. The Hall–Kier alpha value is -1.75. The summed E-state index contributed by atoms with van der Waals surface area (Å²) in [5, 5.41) is 0.919. The van der Waals surface area contributed by atoms with Crippen molar-refractivity contribution in [3.05, 3.63) is 17.5 Å². The Kier molecular flexibility index (Phi) is 3.19. The normalized spacial score (nSPS) is 10.4. The smallest absolute Gasteiger partial charge is 0.204 e. The lowest BCUT2D eigenvalue weighted by atomic mass is 10.2. The van der Waals surface area contributed by atoms with Crippen molar-refractivity contribution in [2.75, 3.05) is 21.3 Å². The van der Waals surface area contributed by atoms with Gasteiger partial charge in [-0.15, -0.1) is 0 Å². The van der Waals surface area contributed by atoms with Gasteiger partial charge in [-0.25, -0.2) is 9.97 Å². The summed E-state index contributed by atoms with van der Waals surface area (Å²) in [4.78, 5) is 8.05. The van der Waals surface area contributed by atoms with Crippen molar-refractivity contribution in [1.82, 2.24) is 9.97 Å². The first-order valence-electron chi connectivity index (χ1n) is 4.82. The molecule has 0 aliphatic carbocycles. The Balaban J connectivity index is 2.90. The zero-order valence-electron chi connectivity index (χ0n) is 9.65. The molecule has 0 aliphatic heterocycles. The quantitative estimate of drug-likeness (QED) is 0.787. The van der Waals surface area contributed by atoms with Gasteiger partial charge in [-0.1, -0.05) is 11.6 Å². The summed E-state index contributed by atoms with van der Waals surface area (Å²) in [5.41, 5.74) is 0.638. The lowest BCUT2D eigenvalue weighted by molar-refractivity contribution is 0.327. The zero-order chi connectivity index (χ0) is 12.4. The molecule has 0 amide bonds. The number of fused-ring (bicyclic) bond motifs is 1. The molecular formula is C11H11ClN2O3. The van der Waals surface area contributed by atoms with Crippen molar-refractivity contribution in [2.24, 2.45) is 0 Å². The van der Waals surface area contributed by atoms with Gasteiger partial charge in [0.25, 0.3) is 0 Å². The fraction of sp³-hybridized carbons (Fsp3) is 0.273. The van der Waals surface area contributed by atoms with Crippen LogP contribution in [0, 0.1) is 0 Å². The number of hydrogen-bond donors (Lipinski definition) is 0. The van der Waals surface area contributed by atoms with E-state index >= 15 is 0 Å². The topological polar surface area (TPSA) is 53.5 Å². The van der Waals surface area contributed by atoms with Gasteiger partial charge in [0.05, 0.1) is 32.2 Å². The van der Waals surface area contributed by atoms with Crippen LogP contribution in [0.25, 0.3) is 10.9 Å². The van der Waals surface area contributed by atoms with Gasteiger partial charge in [0.1, 0.15) is 11.5 Å². The van der Waals surface area contributed by atoms with Crippen molar-refractivity contribution < 1.29 is 14.2 Å². The van der Waals surface area contributed by atoms with Crippen LogP contribution in [0.15, 0.2) is 12.4 Å². The molecule has 1 heterocycles. The van der Waals surface area contributed by atoms with E-state index in [0.717, 1.165) is 0 Å². The average Bonchev–Trinajstić information content (AvgIpc) is 2.36. The third kappa shape index (κ3) is 1.82. The molecule has 0 N–H and O–H groups in total. The number of aromatic nitrogens is 2. The molecule has 1 aromatic heterocycles. The van der Waals surface area contributed by atoms with Gasteiger partial charge < -0.3 is 14.2 Å². The summed E-state index contributed by atoms with van der Waals surface area (Å²) < 4.78 is 15.8. The highest BCUT2D eigenvalue weighted by Crippen LogP contribution is 2.44. The van der Waals surface area contributed by atoms with Crippen LogP contribution >= 0.6 is 11.6 Å². The van der Waals surface area contributed by atoms with Gasteiger partial charge in [0.2, 0.25) is 5.75 Å². The fourth-order valence-corrected chi connectivity index (χ4v) is 1.88. The van der Waals surface area contributed by atoms with Crippen LogP contribution in [-0.4, -0.2) is 31.3 Å². The summed E-state index contributed by atoms with van der Waals surface area (Å²) in [7, 11) is 4.61. The summed E-state index contributed by atoms with van der Waals surface area (Å²) >= 11 is 6.04. The standard InChI is InChI=1S/C11H11ClN2O3/c1-15-7-4-6-8(11(12)14-5-13-6)10(17-3)9(7)16-2/h4-5H,1-3H3. The Morgan fingerprint density at radius 3 is 2.29 bits per heavy atom. The van der Waals surface area contributed by atoms with E-state index in [4.69, 9.17) is 25.8 Å². The molecule has 0 spiro atoms. The highest BCUT2D eigenvalue weighted by Gasteiger charge is 2.18. The molecule has 0 saturated heterocycles. The largest absolute Gasteiger partial charge is 0.493 e. The molecule has 0 bridgehead atoms. The minimum absolute atomic E-state index is 0.313. The van der Waals surface area contributed by atoms with E-state index in [-0.39, 0.29) is 0 Å². The van der Waals surface area contributed by atoms with Crippen molar-refractivity contribution in [3.63, 3.8) is 0 Å². The molecule has 0 atom stereocenters. The molecule has 0 aliphatic rings. The number of methoxy groups -OCH3 is 3. The van der Waals surface area contributed by atoms with Gasteiger partial charge >= 0.3 is 0 Å². The van der Waals surface area contributed by atoms with Gasteiger partial charge in [-0.05, 0) is 0 Å². The summed E-state index contributed by atoms with van der Waals surface area (Å²) in [5.74, 6) is 1.47. The number of rotatable bonds is 3. The third-order valence-electron chi connectivity index (χ3n) is 2.38. The second-order valence-corrected chi connectivity index (χ2v) is 3.56. The Morgan fingerprint density at radius 2 is 1.71 bits per heavy atom. The van der Waals surface area contributed by atoms with Crippen molar-refractivity contribution in [1.29, 1.82) is 0 Å². The molecule has 0 fully saturated rings. The lowest BCUT2D eigenvalue weighted by Crippen LogP contribution is -1.97. The van der Waals surface area contributed by atoms with E-state index in [1.54, 1.807) is 13.2 Å². The van der Waals surface area contributed by atoms with E-state index in [1.165, 1.54) is 20.5 Å². The predicted molar refractivity (Wildman–Crippen MR) is 64.2 cm³/mol. The van der Waals surface area contributed by atoms with Crippen molar-refractivity contribution >= 4 is 22.5 Å². The molecule has 17 heavy (non-hydrogen) atoms. The fourth-order valence-electron chi connectivity index (χ4n) is 1.65. The van der Waals surface area contributed by atoms with E-state index in [0.29, 0.717) is 33.3 Å². The molecule has 5 nitrogen and oxygen atoms in total. The first kappa shape index (κ1) is 11.7. The van der Waals surface area contributed by atoms with Crippen LogP contribution in [0.4, 0.5) is 0 Å². The average molecular weight is 255 g/mol. The van der Waals surface area contributed by atoms with Gasteiger partial charge in [0.15, 0.2) is 11.5 Å². The molecular weight excluding hydrogens is 244 g/mol. The minimum atomic E-state index is 0.313. The molecule has 0 unspecified atom stereocenters. The van der Waals surface area contributed by atoms with Crippen molar-refractivity contribution in [2.45, 2.75) is 0 Å². The molecule has 2 aromatic rings. The number of ether oxygens (including phenoxy) is 3. The van der Waals surface area contributed by atoms with Gasteiger partial charge in [-0.3, -0.25) is 0 Å². The van der Waals surface area contributed by atoms with Crippen LogP contribution in [0.5, 0.6) is 17.2 Å². The predicted octanol–water partition coefficient (Wildman–Crippen LogP) is 2.31. The number of halogens is 1. The van der Waals surface area contributed by atoms with E-state index in [2.05, 4.69) is 9.97 Å². The van der Waals surface area contributed by atoms with E-state index in [1.807, 2.05) is 0 Å². The summed E-state index contributed by atoms with van der Waals surface area (Å²) in [6.45, 7) is 0. The highest BCUT2D eigenvalue weighted by atomic mass is 35.5. The van der Waals surface area contributed by atoms with Gasteiger partial charge in [-0.2, -0.15) is 0 Å². The molecule has 6 heteroatoms. The minimum Gasteiger partial charge on any atom is -0.493 e. The lowest BCUT2D eigenvalue weighted by Gasteiger charge is -2.14. The van der Waals surface area contributed by atoms with E-state index < -0.39 is 0 Å². The Morgan fingerprint density at radius 1 is 1.00 bits per heavy atom. The molecule has 1 aromatic carbocycles. The Labute approximate surface area is 103 Å². The first-order chi connectivity index (χ1) is 8.22. The Bertz CT molecular complexity index is 560. The van der Waals surface area contributed by atoms with Crippen molar-refractivity contribution in [3.8, 4) is 17.2 Å². The second kappa shape index (κ2) is 4.63. The summed E-state index contributed by atoms with van der Waals surface area (Å²) in [6, 6.07) is 1.73. The van der Waals surface area contributed by atoms with E-state index in [9.17, 15) is 0 Å². The van der Waals surface area contributed by atoms with Crippen LogP contribution in [-0.2, 0) is 0 Å². The monoisotopic (exact) mass is 254 g/mol. The van der Waals surface area contributed by atoms with Crippen LogP contribution in [0.3, 0.4) is 0 Å². The van der Waals surface area contributed by atoms with Crippen LogP contribution in [0.1, 0.15) is 0 Å². The molecule has 0 saturated carbocycles. The van der Waals surface area contributed by atoms with Crippen LogP contribution < -0.4 is 14.2 Å². The first-order valence-corrected chi connectivity index (χ1v) is 5.20. The zero-order valence-corrected chi connectivity index (χ0v) is 10.4. The molecule has 90 valence electrons. The molecule has 2 rings (SSSR count). The maximum Gasteiger partial charge on any atom is 0.204 e. The maximum atomic E-state index is 6.04. The number of nitrogens with zero attached hydrogens (tertiary/aromatic N) is 2. The van der Waals surface area contributed by atoms with Crippen LogP contribution in [0.2, 0.25) is 5.15 Å². The molecule has 0 radical (unpaired) electrons. The third-order valence-corrected chi connectivity index (χ3v) is 2.67. The number of benzene rings is 1. The highest BCUT2D eigenvalue weighted by molar-refractivity contribution is 6.34.